The van der Waals surface area contributed by atoms with Gasteiger partial charge in [-0.1, -0.05) is 36.4 Å². The van der Waals surface area contributed by atoms with Crippen LogP contribution in [0.15, 0.2) is 60.7 Å². The van der Waals surface area contributed by atoms with Gasteiger partial charge in [0.15, 0.2) is 11.7 Å². The number of halogens is 1. The van der Waals surface area contributed by atoms with E-state index in [-0.39, 0.29) is 24.3 Å². The Morgan fingerprint density at radius 2 is 1.64 bits per heavy atom. The molecule has 7 nitrogen and oxygen atoms in total. The number of nitrogens with zero attached hydrogens (tertiary/aromatic N) is 1. The molecule has 9 heteroatoms. The van der Waals surface area contributed by atoms with E-state index in [1.54, 1.807) is 12.5 Å². The number of aliphatic hydroxyl groups excluding tert-OH is 1. The summed E-state index contributed by atoms with van der Waals surface area (Å²) in [5.74, 6) is -0.475. The maximum atomic E-state index is 14.3. The normalized spacial score (nSPS) is 15.1. The van der Waals surface area contributed by atoms with Crippen molar-refractivity contribution in [1.82, 2.24) is 9.97 Å². The van der Waals surface area contributed by atoms with E-state index in [4.69, 9.17) is 15.6 Å². The molecule has 5 rings (SSSR count). The van der Waals surface area contributed by atoms with Gasteiger partial charge in [0.25, 0.3) is 0 Å². The van der Waals surface area contributed by atoms with Crippen molar-refractivity contribution in [2.45, 2.75) is 25.4 Å². The zero-order chi connectivity index (χ0) is 26.1. The molecule has 2 aromatic carbocycles. The van der Waals surface area contributed by atoms with Crippen LogP contribution >= 0.6 is 0 Å². The zero-order valence-corrected chi connectivity index (χ0v) is 21.2. The van der Waals surface area contributed by atoms with E-state index in [0.29, 0.717) is 22.3 Å². The minimum Gasteiger partial charge on any atom is -0.495 e. The van der Waals surface area contributed by atoms with Gasteiger partial charge >= 0.3 is 0 Å². The molecular formula is C27H32FN3O4S. The third kappa shape index (κ3) is 7.87. The molecule has 36 heavy (non-hydrogen) atoms. The van der Waals surface area contributed by atoms with Gasteiger partial charge in [-0.2, -0.15) is 0 Å². The van der Waals surface area contributed by atoms with Gasteiger partial charge in [0.2, 0.25) is 0 Å². The van der Waals surface area contributed by atoms with Crippen molar-refractivity contribution in [3.8, 4) is 28.3 Å². The number of aromatic nitrogens is 2. The quantitative estimate of drug-likeness (QED) is 0.290. The van der Waals surface area contributed by atoms with Crippen molar-refractivity contribution >= 4 is 27.5 Å². The molecule has 1 atom stereocenters. The molecule has 0 spiro atoms. The first-order chi connectivity index (χ1) is 17.3. The first-order valence-corrected chi connectivity index (χ1v) is 13.6. The number of benzene rings is 2. The number of fused-ring (bicyclic) bond motifs is 1. The summed E-state index contributed by atoms with van der Waals surface area (Å²) in [7, 11) is -0.611. The van der Waals surface area contributed by atoms with Gasteiger partial charge in [0.1, 0.15) is 5.69 Å². The highest BCUT2D eigenvalue weighted by Crippen LogP contribution is 2.28. The molecule has 192 valence electrons. The molecule has 0 aliphatic carbocycles. The lowest BCUT2D eigenvalue weighted by molar-refractivity contribution is -0.0172. The minimum absolute atomic E-state index is 0.0345. The first-order valence-electron chi connectivity index (χ1n) is 11.6. The van der Waals surface area contributed by atoms with Crippen LogP contribution in [0.1, 0.15) is 19.3 Å². The fourth-order valence-electron chi connectivity index (χ4n) is 3.67. The average molecular weight is 514 g/mol. The predicted octanol–water partition coefficient (Wildman–Crippen LogP) is 4.87. The Morgan fingerprint density at radius 1 is 1.06 bits per heavy atom. The number of anilines is 1. The topological polar surface area (TPSA) is 121 Å². The molecule has 5 N–H and O–H groups in total. The summed E-state index contributed by atoms with van der Waals surface area (Å²) in [5.41, 5.74) is 10.4. The van der Waals surface area contributed by atoms with Crippen LogP contribution in [-0.2, 0) is 15.5 Å². The Bertz CT molecular complexity index is 1270. The number of rotatable bonds is 3. The monoisotopic (exact) mass is 513 g/mol. The zero-order valence-electron chi connectivity index (χ0n) is 20.4. The fourth-order valence-corrected chi connectivity index (χ4v) is 3.67. The number of nitrogen functional groups attached to an aromatic ring is 1. The molecule has 1 aliphatic rings. The number of H-pyrrole nitrogens is 1. The highest BCUT2D eigenvalue weighted by Gasteiger charge is 2.12. The van der Waals surface area contributed by atoms with Crippen LogP contribution in [-0.4, -0.2) is 56.2 Å². The van der Waals surface area contributed by atoms with Crippen molar-refractivity contribution in [1.29, 1.82) is 0 Å². The average Bonchev–Trinajstić information content (AvgIpc) is 3.23. The van der Waals surface area contributed by atoms with E-state index in [0.717, 1.165) is 30.6 Å². The van der Waals surface area contributed by atoms with Crippen molar-refractivity contribution < 1.29 is 23.5 Å². The van der Waals surface area contributed by atoms with Crippen molar-refractivity contribution in [3.63, 3.8) is 0 Å². The number of aliphatic hydroxyl groups is 1. The molecule has 0 radical (unpaired) electrons. The summed E-state index contributed by atoms with van der Waals surface area (Å²) in [6, 6.07) is 17.9. The maximum Gasteiger partial charge on any atom is 0.190 e. The maximum absolute atomic E-state index is 14.3. The number of nitrogens with one attached hydrogen (secondary N) is 1. The van der Waals surface area contributed by atoms with Crippen LogP contribution in [0, 0.1) is 5.82 Å². The van der Waals surface area contributed by atoms with Gasteiger partial charge in [-0.3, -0.25) is 4.21 Å². The van der Waals surface area contributed by atoms with E-state index in [1.165, 1.54) is 18.6 Å². The van der Waals surface area contributed by atoms with E-state index < -0.39 is 16.6 Å². The predicted molar refractivity (Wildman–Crippen MR) is 144 cm³/mol. The number of nitrogens with two attached hydrogens (primary N) is 1. The van der Waals surface area contributed by atoms with Gasteiger partial charge in [0, 0.05) is 53.3 Å². The van der Waals surface area contributed by atoms with Gasteiger partial charge < -0.3 is 25.7 Å². The van der Waals surface area contributed by atoms with Crippen molar-refractivity contribution in [3.05, 3.63) is 66.5 Å². The van der Waals surface area contributed by atoms with Crippen LogP contribution in [0.5, 0.6) is 5.88 Å². The number of aromatic amines is 1. The Labute approximate surface area is 212 Å². The SMILES string of the molecule is CS(C)=O.Nc1ccc(-c2ccc(-c3nc4cc(O)[nH]c4cc3F)cc2)cc1.OC[C@@H]1CCCCO1. The molecule has 1 saturated heterocycles. The van der Waals surface area contributed by atoms with Crippen LogP contribution in [0.3, 0.4) is 0 Å². The number of hydrogen-bond acceptors (Lipinski definition) is 6. The van der Waals surface area contributed by atoms with Crippen molar-refractivity contribution in [2.24, 2.45) is 0 Å². The second kappa shape index (κ2) is 13.2. The number of ether oxygens (including phenoxy) is 1. The minimum atomic E-state index is -0.611. The molecule has 0 amide bonds. The van der Waals surface area contributed by atoms with Gasteiger partial charge in [-0.05, 0) is 42.5 Å². The third-order valence-corrected chi connectivity index (χ3v) is 5.42. The van der Waals surface area contributed by atoms with Crippen molar-refractivity contribution in [2.75, 3.05) is 31.5 Å². The number of hydrogen-bond donors (Lipinski definition) is 4. The summed E-state index contributed by atoms with van der Waals surface area (Å²) in [4.78, 5) is 6.95. The fraction of sp³-hybridized carbons (Fsp3) is 0.296. The standard InChI is InChI=1S/C19H14FN3O.C6H12O2.C2H6OS/c20-15-9-16-17(10-18(24)22-16)23-19(15)13-3-1-11(2-4-13)12-5-7-14(21)8-6-12;7-5-6-3-1-2-4-8-6;1-4(2)3/h1-10,22,24H,21H2;6-7H,1-5H2;1-2H3/t;6-;/m.0./s1. The smallest absolute Gasteiger partial charge is 0.190 e. The highest BCUT2D eigenvalue weighted by molar-refractivity contribution is 7.83. The summed E-state index contributed by atoms with van der Waals surface area (Å²) in [5, 5.41) is 18.0. The number of aromatic hydroxyl groups is 1. The molecular weight excluding hydrogens is 481 g/mol. The van der Waals surface area contributed by atoms with Crippen LogP contribution in [0.2, 0.25) is 0 Å². The summed E-state index contributed by atoms with van der Waals surface area (Å²) in [6.45, 7) is 1.03. The molecule has 0 saturated carbocycles. The Hall–Kier alpha value is -3.27. The Balaban J connectivity index is 0.000000250. The molecule has 0 bridgehead atoms. The van der Waals surface area contributed by atoms with E-state index in [9.17, 15) is 13.7 Å². The second-order valence-corrected chi connectivity index (χ2v) is 10.0. The molecule has 2 aromatic heterocycles. The summed E-state index contributed by atoms with van der Waals surface area (Å²) < 4.78 is 29.0. The summed E-state index contributed by atoms with van der Waals surface area (Å²) in [6.07, 6.45) is 6.84. The lowest BCUT2D eigenvalue weighted by atomic mass is 10.0. The van der Waals surface area contributed by atoms with Gasteiger partial charge in [-0.15, -0.1) is 0 Å². The Morgan fingerprint density at radius 3 is 2.17 bits per heavy atom. The Kier molecular flexibility index (Phi) is 9.98. The molecule has 1 aliphatic heterocycles. The van der Waals surface area contributed by atoms with Crippen LogP contribution < -0.4 is 5.73 Å². The largest absolute Gasteiger partial charge is 0.495 e. The van der Waals surface area contributed by atoms with E-state index in [2.05, 4.69) is 9.97 Å². The molecule has 1 fully saturated rings. The van der Waals surface area contributed by atoms with Gasteiger partial charge in [-0.25, -0.2) is 9.37 Å². The highest BCUT2D eigenvalue weighted by atomic mass is 32.2. The molecule has 0 unspecified atom stereocenters. The third-order valence-electron chi connectivity index (χ3n) is 5.42. The van der Waals surface area contributed by atoms with E-state index >= 15 is 0 Å². The summed E-state index contributed by atoms with van der Waals surface area (Å²) >= 11 is 0. The lowest BCUT2D eigenvalue weighted by Crippen LogP contribution is -2.22. The molecule has 4 aromatic rings. The van der Waals surface area contributed by atoms with Crippen LogP contribution in [0.25, 0.3) is 33.4 Å². The second-order valence-electron chi connectivity index (χ2n) is 8.52. The first kappa shape index (κ1) is 27.3. The van der Waals surface area contributed by atoms with Gasteiger partial charge in [0.05, 0.1) is 23.7 Å². The van der Waals surface area contributed by atoms with Crippen LogP contribution in [0.4, 0.5) is 10.1 Å². The molecule has 3 heterocycles. The van der Waals surface area contributed by atoms with E-state index in [1.807, 2.05) is 48.5 Å². The lowest BCUT2D eigenvalue weighted by Gasteiger charge is -2.19. The number of pyridine rings is 1.